The van der Waals surface area contributed by atoms with E-state index in [9.17, 15) is 18.0 Å². The highest BCUT2D eigenvalue weighted by Crippen LogP contribution is 2.26. The number of hydrogen-bond acceptors (Lipinski definition) is 7. The lowest BCUT2D eigenvalue weighted by Crippen LogP contribution is -2.27. The molecule has 0 N–H and O–H groups in total. The van der Waals surface area contributed by atoms with E-state index in [2.05, 4.69) is 11.3 Å². The van der Waals surface area contributed by atoms with Gasteiger partial charge in [-0.25, -0.2) is 18.0 Å². The van der Waals surface area contributed by atoms with Gasteiger partial charge in [-0.2, -0.15) is 0 Å². The van der Waals surface area contributed by atoms with Gasteiger partial charge in [0.2, 0.25) is 0 Å². The first-order chi connectivity index (χ1) is 13.8. The zero-order valence-electron chi connectivity index (χ0n) is 16.2. The fourth-order valence-electron chi connectivity index (χ4n) is 2.44. The van der Waals surface area contributed by atoms with Gasteiger partial charge in [0.15, 0.2) is 5.76 Å². The molecule has 0 unspecified atom stereocenters. The van der Waals surface area contributed by atoms with Crippen LogP contribution < -0.4 is 0 Å². The van der Waals surface area contributed by atoms with Crippen molar-refractivity contribution in [1.29, 1.82) is 0 Å². The zero-order chi connectivity index (χ0) is 21.6. The minimum Gasteiger partial charge on any atom is -0.465 e. The third kappa shape index (κ3) is 4.75. The molecule has 0 radical (unpaired) electrons. The SMILES string of the molecule is C=CCN(/C=C(/C(=O)OC)c1occc1C(=O)OC)S(=O)(=O)c1ccc(C)cc1. The second-order valence-corrected chi connectivity index (χ2v) is 7.76. The first-order valence-corrected chi connectivity index (χ1v) is 9.86. The van der Waals surface area contributed by atoms with Gasteiger partial charge in [-0.3, -0.25) is 4.31 Å². The number of carbonyl (C=O) groups excluding carboxylic acids is 2. The van der Waals surface area contributed by atoms with Crippen molar-refractivity contribution < 1.29 is 31.9 Å². The first-order valence-electron chi connectivity index (χ1n) is 8.42. The first kappa shape index (κ1) is 22.0. The summed E-state index contributed by atoms with van der Waals surface area (Å²) < 4.78 is 41.8. The molecule has 0 bridgehead atoms. The smallest absolute Gasteiger partial charge is 0.343 e. The zero-order valence-corrected chi connectivity index (χ0v) is 17.1. The van der Waals surface area contributed by atoms with Crippen LogP contribution in [-0.2, 0) is 24.3 Å². The van der Waals surface area contributed by atoms with Crippen LogP contribution in [0.25, 0.3) is 5.57 Å². The van der Waals surface area contributed by atoms with Crippen molar-refractivity contribution in [1.82, 2.24) is 4.31 Å². The molecule has 154 valence electrons. The Bertz CT molecular complexity index is 1030. The highest BCUT2D eigenvalue weighted by molar-refractivity contribution is 7.89. The van der Waals surface area contributed by atoms with Gasteiger partial charge in [0.1, 0.15) is 11.1 Å². The largest absolute Gasteiger partial charge is 0.465 e. The number of nitrogens with zero attached hydrogens (tertiary/aromatic N) is 1. The van der Waals surface area contributed by atoms with Crippen molar-refractivity contribution in [2.45, 2.75) is 11.8 Å². The third-order valence-corrected chi connectivity index (χ3v) is 5.67. The number of carbonyl (C=O) groups is 2. The van der Waals surface area contributed by atoms with Crippen molar-refractivity contribution >= 4 is 27.5 Å². The second-order valence-electron chi connectivity index (χ2n) is 5.87. The van der Waals surface area contributed by atoms with Crippen molar-refractivity contribution in [3.05, 3.63) is 72.3 Å². The highest BCUT2D eigenvalue weighted by atomic mass is 32.2. The summed E-state index contributed by atoms with van der Waals surface area (Å²) in [4.78, 5) is 24.4. The molecule has 0 aliphatic carbocycles. The van der Waals surface area contributed by atoms with E-state index in [0.29, 0.717) is 0 Å². The maximum absolute atomic E-state index is 13.1. The second kappa shape index (κ2) is 9.24. The van der Waals surface area contributed by atoms with E-state index < -0.39 is 22.0 Å². The average Bonchev–Trinajstić information content (AvgIpc) is 3.19. The summed E-state index contributed by atoms with van der Waals surface area (Å²) in [6, 6.07) is 7.54. The van der Waals surface area contributed by atoms with Crippen LogP contribution in [0.5, 0.6) is 0 Å². The summed E-state index contributed by atoms with van der Waals surface area (Å²) in [7, 11) is -1.73. The lowest BCUT2D eigenvalue weighted by molar-refractivity contribution is -0.133. The number of ether oxygens (including phenoxy) is 2. The molecular weight excluding hydrogens is 398 g/mol. The molecular formula is C20H21NO7S. The van der Waals surface area contributed by atoms with Gasteiger partial charge in [0, 0.05) is 6.20 Å². The molecule has 1 aromatic heterocycles. The fourth-order valence-corrected chi connectivity index (χ4v) is 3.74. The van der Waals surface area contributed by atoms with E-state index in [1.54, 1.807) is 12.1 Å². The number of aryl methyl sites for hydroxylation is 1. The van der Waals surface area contributed by atoms with Crippen molar-refractivity contribution in [3.8, 4) is 0 Å². The predicted molar refractivity (Wildman–Crippen MR) is 105 cm³/mol. The molecule has 8 nitrogen and oxygen atoms in total. The lowest BCUT2D eigenvalue weighted by Gasteiger charge is -2.20. The highest BCUT2D eigenvalue weighted by Gasteiger charge is 2.28. The van der Waals surface area contributed by atoms with Crippen LogP contribution in [0.4, 0.5) is 0 Å². The maximum Gasteiger partial charge on any atom is 0.343 e. The Morgan fingerprint density at radius 3 is 2.34 bits per heavy atom. The number of esters is 2. The van der Waals surface area contributed by atoms with Gasteiger partial charge in [-0.1, -0.05) is 23.8 Å². The Hall–Kier alpha value is -3.33. The number of benzene rings is 1. The summed E-state index contributed by atoms with van der Waals surface area (Å²) in [5, 5.41) is 0. The quantitative estimate of drug-likeness (QED) is 0.368. The monoisotopic (exact) mass is 419 g/mol. The molecule has 0 fully saturated rings. The molecule has 0 aliphatic rings. The lowest BCUT2D eigenvalue weighted by atomic mass is 10.1. The van der Waals surface area contributed by atoms with Crippen LogP contribution in [0, 0.1) is 6.92 Å². The Balaban J connectivity index is 2.63. The van der Waals surface area contributed by atoms with E-state index in [-0.39, 0.29) is 28.3 Å². The Morgan fingerprint density at radius 1 is 1.14 bits per heavy atom. The summed E-state index contributed by atoms with van der Waals surface area (Å²) in [6.45, 7) is 5.26. The number of hydrogen-bond donors (Lipinski definition) is 0. The molecule has 0 spiro atoms. The summed E-state index contributed by atoms with van der Waals surface area (Å²) in [5.74, 6) is -1.81. The maximum atomic E-state index is 13.1. The molecule has 2 rings (SSSR count). The molecule has 0 aliphatic heterocycles. The summed E-state index contributed by atoms with van der Waals surface area (Å²) in [5.41, 5.74) is 0.578. The average molecular weight is 419 g/mol. The minimum atomic E-state index is -4.03. The van der Waals surface area contributed by atoms with Crippen LogP contribution in [0.1, 0.15) is 21.7 Å². The summed E-state index contributed by atoms with van der Waals surface area (Å²) in [6.07, 6.45) is 3.60. The molecule has 0 amide bonds. The van der Waals surface area contributed by atoms with Gasteiger partial charge in [-0.05, 0) is 25.1 Å². The Morgan fingerprint density at radius 2 is 1.79 bits per heavy atom. The van der Waals surface area contributed by atoms with Gasteiger partial charge in [0.25, 0.3) is 10.0 Å². The molecule has 1 aromatic carbocycles. The number of furan rings is 1. The van der Waals surface area contributed by atoms with Crippen LogP contribution in [0.3, 0.4) is 0 Å². The van der Waals surface area contributed by atoms with E-state index in [4.69, 9.17) is 9.15 Å². The van der Waals surface area contributed by atoms with Crippen molar-refractivity contribution in [3.63, 3.8) is 0 Å². The number of methoxy groups -OCH3 is 2. The normalized spacial score (nSPS) is 11.6. The van der Waals surface area contributed by atoms with Gasteiger partial charge < -0.3 is 13.9 Å². The number of sulfonamides is 1. The van der Waals surface area contributed by atoms with E-state index in [0.717, 1.165) is 23.2 Å². The van der Waals surface area contributed by atoms with Crippen molar-refractivity contribution in [2.75, 3.05) is 20.8 Å². The standard InChI is InChI=1S/C20H21NO7S/c1-5-11-21(29(24,25)15-8-6-14(2)7-9-15)13-17(20(23)27-4)18-16(10-12-28-18)19(22)26-3/h5-10,12-13H,1,11H2,2-4H3/b17-13+. The van der Waals surface area contributed by atoms with Crippen LogP contribution in [0.2, 0.25) is 0 Å². The van der Waals surface area contributed by atoms with Crippen LogP contribution >= 0.6 is 0 Å². The minimum absolute atomic E-state index is 0.0260. The molecule has 29 heavy (non-hydrogen) atoms. The molecule has 9 heteroatoms. The summed E-state index contributed by atoms with van der Waals surface area (Å²) >= 11 is 0. The molecule has 0 saturated heterocycles. The molecule has 0 atom stereocenters. The topological polar surface area (TPSA) is 103 Å². The third-order valence-electron chi connectivity index (χ3n) is 3.93. The van der Waals surface area contributed by atoms with E-state index >= 15 is 0 Å². The predicted octanol–water partition coefficient (Wildman–Crippen LogP) is 2.77. The Kier molecular flexibility index (Phi) is 7.00. The van der Waals surface area contributed by atoms with E-state index in [1.165, 1.54) is 37.6 Å². The van der Waals surface area contributed by atoms with Crippen molar-refractivity contribution in [2.24, 2.45) is 0 Å². The van der Waals surface area contributed by atoms with Crippen LogP contribution in [-0.4, -0.2) is 45.4 Å². The van der Waals surface area contributed by atoms with Gasteiger partial charge in [0.05, 0.1) is 31.9 Å². The molecule has 0 saturated carbocycles. The van der Waals surface area contributed by atoms with Gasteiger partial charge in [-0.15, -0.1) is 6.58 Å². The van der Waals surface area contributed by atoms with Crippen LogP contribution in [0.15, 0.2) is 64.8 Å². The Labute approximate surface area is 169 Å². The van der Waals surface area contributed by atoms with E-state index in [1.807, 2.05) is 6.92 Å². The number of rotatable bonds is 8. The fraction of sp³-hybridized carbons (Fsp3) is 0.200. The molecule has 2 aromatic rings. The van der Waals surface area contributed by atoms with Gasteiger partial charge >= 0.3 is 11.9 Å². The molecule has 1 heterocycles.